The quantitative estimate of drug-likeness (QED) is 0.753. The van der Waals surface area contributed by atoms with E-state index in [0.29, 0.717) is 12.1 Å². The molecule has 0 bridgehead atoms. The van der Waals surface area contributed by atoms with Crippen LogP contribution in [0.15, 0.2) is 6.33 Å². The molecule has 0 aliphatic heterocycles. The van der Waals surface area contributed by atoms with Gasteiger partial charge in [0, 0.05) is 25.4 Å². The minimum Gasteiger partial charge on any atom is -0.381 e. The molecule has 0 saturated heterocycles. The third-order valence-corrected chi connectivity index (χ3v) is 2.92. The van der Waals surface area contributed by atoms with E-state index in [9.17, 15) is 0 Å². The standard InChI is InChI=1S/C10H17N3O/c1-7-10(13-6-12-7)5-11-8-3-9(4-8)14-2/h6,8-9,11H,3-5H2,1-2H3,(H,12,13). The maximum atomic E-state index is 5.22. The van der Waals surface area contributed by atoms with E-state index in [-0.39, 0.29) is 0 Å². The van der Waals surface area contributed by atoms with Crippen LogP contribution in [0.5, 0.6) is 0 Å². The SMILES string of the molecule is COC1CC(NCc2nc[nH]c2C)C1. The van der Waals surface area contributed by atoms with E-state index < -0.39 is 0 Å². The van der Waals surface area contributed by atoms with Crippen LogP contribution < -0.4 is 5.32 Å². The van der Waals surface area contributed by atoms with Crippen LogP contribution in [0.4, 0.5) is 0 Å². The van der Waals surface area contributed by atoms with Crippen LogP contribution in [-0.2, 0) is 11.3 Å². The number of imidazole rings is 1. The van der Waals surface area contributed by atoms with Gasteiger partial charge < -0.3 is 15.0 Å². The average molecular weight is 195 g/mol. The van der Waals surface area contributed by atoms with Gasteiger partial charge in [-0.25, -0.2) is 4.98 Å². The van der Waals surface area contributed by atoms with Gasteiger partial charge in [-0.2, -0.15) is 0 Å². The predicted octanol–water partition coefficient (Wildman–Crippen LogP) is 0.985. The Hall–Kier alpha value is -0.870. The van der Waals surface area contributed by atoms with E-state index in [1.54, 1.807) is 13.4 Å². The first kappa shape index (κ1) is 9.68. The van der Waals surface area contributed by atoms with Crippen LogP contribution in [0.2, 0.25) is 0 Å². The molecule has 0 amide bonds. The number of aromatic nitrogens is 2. The second kappa shape index (κ2) is 4.11. The highest BCUT2D eigenvalue weighted by Crippen LogP contribution is 2.22. The molecule has 1 fully saturated rings. The molecule has 1 aliphatic rings. The summed E-state index contributed by atoms with van der Waals surface area (Å²) in [5.74, 6) is 0. The zero-order valence-corrected chi connectivity index (χ0v) is 8.71. The fraction of sp³-hybridized carbons (Fsp3) is 0.700. The molecule has 14 heavy (non-hydrogen) atoms. The van der Waals surface area contributed by atoms with Crippen molar-refractivity contribution < 1.29 is 4.74 Å². The molecule has 0 unspecified atom stereocenters. The van der Waals surface area contributed by atoms with Crippen molar-refractivity contribution in [3.63, 3.8) is 0 Å². The first-order valence-corrected chi connectivity index (χ1v) is 5.04. The van der Waals surface area contributed by atoms with Gasteiger partial charge in [0.05, 0.1) is 18.1 Å². The second-order valence-electron chi connectivity index (χ2n) is 3.88. The topological polar surface area (TPSA) is 49.9 Å². The summed E-state index contributed by atoms with van der Waals surface area (Å²) in [6.45, 7) is 2.90. The summed E-state index contributed by atoms with van der Waals surface area (Å²) < 4.78 is 5.22. The highest BCUT2D eigenvalue weighted by atomic mass is 16.5. The Bertz CT molecular complexity index is 291. The predicted molar refractivity (Wildman–Crippen MR) is 54.0 cm³/mol. The molecule has 0 spiro atoms. The van der Waals surface area contributed by atoms with Crippen molar-refractivity contribution in [3.8, 4) is 0 Å². The molecule has 4 heteroatoms. The van der Waals surface area contributed by atoms with E-state index in [1.165, 1.54) is 0 Å². The number of methoxy groups -OCH3 is 1. The van der Waals surface area contributed by atoms with Crippen molar-refractivity contribution in [2.75, 3.05) is 7.11 Å². The minimum absolute atomic E-state index is 0.466. The fourth-order valence-corrected chi connectivity index (χ4v) is 1.73. The van der Waals surface area contributed by atoms with Gasteiger partial charge >= 0.3 is 0 Å². The molecule has 2 N–H and O–H groups in total. The van der Waals surface area contributed by atoms with Crippen LogP contribution >= 0.6 is 0 Å². The first-order chi connectivity index (χ1) is 6.79. The number of rotatable bonds is 4. The Labute approximate surface area is 84.1 Å². The molecular weight excluding hydrogens is 178 g/mol. The fourth-order valence-electron chi connectivity index (χ4n) is 1.73. The molecule has 0 atom stereocenters. The van der Waals surface area contributed by atoms with E-state index in [4.69, 9.17) is 4.74 Å². The molecule has 1 saturated carbocycles. The molecule has 2 rings (SSSR count). The van der Waals surface area contributed by atoms with Gasteiger partial charge in [0.15, 0.2) is 0 Å². The van der Waals surface area contributed by atoms with Crippen molar-refractivity contribution in [1.29, 1.82) is 0 Å². The molecule has 1 aromatic rings. The van der Waals surface area contributed by atoms with Crippen LogP contribution in [0.3, 0.4) is 0 Å². The molecule has 78 valence electrons. The number of aromatic amines is 1. The largest absolute Gasteiger partial charge is 0.381 e. The van der Waals surface area contributed by atoms with Gasteiger partial charge in [-0.3, -0.25) is 0 Å². The lowest BCUT2D eigenvalue weighted by Crippen LogP contribution is -2.44. The Morgan fingerprint density at radius 2 is 2.43 bits per heavy atom. The van der Waals surface area contributed by atoms with Crippen molar-refractivity contribution in [1.82, 2.24) is 15.3 Å². The van der Waals surface area contributed by atoms with Gasteiger partial charge in [0.1, 0.15) is 0 Å². The highest BCUT2D eigenvalue weighted by molar-refractivity contribution is 5.08. The number of ether oxygens (including phenoxy) is 1. The van der Waals surface area contributed by atoms with Crippen molar-refractivity contribution in [3.05, 3.63) is 17.7 Å². The highest BCUT2D eigenvalue weighted by Gasteiger charge is 2.28. The summed E-state index contributed by atoms with van der Waals surface area (Å²) >= 11 is 0. The van der Waals surface area contributed by atoms with Crippen LogP contribution in [0.1, 0.15) is 24.2 Å². The lowest BCUT2D eigenvalue weighted by molar-refractivity contribution is 0.0169. The maximum absolute atomic E-state index is 5.22. The normalized spacial score (nSPS) is 26.1. The van der Waals surface area contributed by atoms with Crippen molar-refractivity contribution >= 4 is 0 Å². The summed E-state index contributed by atoms with van der Waals surface area (Å²) in [5.41, 5.74) is 2.27. The number of nitrogens with one attached hydrogen (secondary N) is 2. The van der Waals surface area contributed by atoms with Crippen LogP contribution in [0.25, 0.3) is 0 Å². The van der Waals surface area contributed by atoms with Crippen molar-refractivity contribution in [2.45, 2.75) is 38.5 Å². The molecular formula is C10H17N3O. The van der Waals surface area contributed by atoms with Gasteiger partial charge in [-0.05, 0) is 19.8 Å². The van der Waals surface area contributed by atoms with E-state index >= 15 is 0 Å². The van der Waals surface area contributed by atoms with Crippen LogP contribution in [-0.4, -0.2) is 29.2 Å². The Kier molecular flexibility index (Phi) is 2.84. The molecule has 0 aromatic carbocycles. The Morgan fingerprint density at radius 3 is 3.00 bits per heavy atom. The van der Waals surface area contributed by atoms with Crippen LogP contribution in [0, 0.1) is 6.92 Å². The summed E-state index contributed by atoms with van der Waals surface area (Å²) in [6.07, 6.45) is 4.46. The summed E-state index contributed by atoms with van der Waals surface area (Å²) in [7, 11) is 1.78. The molecule has 4 nitrogen and oxygen atoms in total. The third-order valence-electron chi connectivity index (χ3n) is 2.92. The molecule has 0 radical (unpaired) electrons. The summed E-state index contributed by atoms with van der Waals surface area (Å²) in [6, 6.07) is 0.607. The number of H-pyrrole nitrogens is 1. The summed E-state index contributed by atoms with van der Waals surface area (Å²) in [5, 5.41) is 3.46. The Morgan fingerprint density at radius 1 is 1.64 bits per heavy atom. The number of nitrogens with zero attached hydrogens (tertiary/aromatic N) is 1. The summed E-state index contributed by atoms with van der Waals surface area (Å²) in [4.78, 5) is 7.31. The zero-order valence-electron chi connectivity index (χ0n) is 8.71. The average Bonchev–Trinajstić information content (AvgIpc) is 2.49. The number of hydrogen-bond donors (Lipinski definition) is 2. The van der Waals surface area contributed by atoms with E-state index in [2.05, 4.69) is 15.3 Å². The number of hydrogen-bond acceptors (Lipinski definition) is 3. The monoisotopic (exact) mass is 195 g/mol. The minimum atomic E-state index is 0.466. The van der Waals surface area contributed by atoms with Gasteiger partial charge in [0.2, 0.25) is 0 Å². The molecule has 1 heterocycles. The molecule has 1 aliphatic carbocycles. The first-order valence-electron chi connectivity index (χ1n) is 5.04. The number of aryl methyl sites for hydroxylation is 1. The van der Waals surface area contributed by atoms with Crippen molar-refractivity contribution in [2.24, 2.45) is 0 Å². The van der Waals surface area contributed by atoms with Gasteiger partial charge in [-0.1, -0.05) is 0 Å². The molecule has 1 aromatic heterocycles. The third kappa shape index (κ3) is 1.96. The second-order valence-corrected chi connectivity index (χ2v) is 3.88. The smallest absolute Gasteiger partial charge is 0.0925 e. The van der Waals surface area contributed by atoms with E-state index in [0.717, 1.165) is 30.8 Å². The lowest BCUT2D eigenvalue weighted by atomic mass is 9.89. The van der Waals surface area contributed by atoms with E-state index in [1.807, 2.05) is 6.92 Å². The van der Waals surface area contributed by atoms with Gasteiger partial charge in [0.25, 0.3) is 0 Å². The lowest BCUT2D eigenvalue weighted by Gasteiger charge is -2.34. The van der Waals surface area contributed by atoms with Gasteiger partial charge in [-0.15, -0.1) is 0 Å². The Balaban J connectivity index is 1.72. The zero-order chi connectivity index (χ0) is 9.97. The maximum Gasteiger partial charge on any atom is 0.0925 e.